The van der Waals surface area contributed by atoms with Gasteiger partial charge >= 0.3 is 0 Å². The van der Waals surface area contributed by atoms with E-state index in [1.54, 1.807) is 0 Å². The summed E-state index contributed by atoms with van der Waals surface area (Å²) in [5.74, 6) is -0.882. The van der Waals surface area contributed by atoms with Crippen molar-refractivity contribution < 1.29 is 4.74 Å². The van der Waals surface area contributed by atoms with Crippen LogP contribution in [-0.4, -0.2) is 24.2 Å². The third-order valence-corrected chi connectivity index (χ3v) is 0.482. The molecule has 5 nitrogen and oxygen atoms in total. The van der Waals surface area contributed by atoms with Crippen LogP contribution in [0, 0.1) is 21.6 Å². The average Bonchev–Trinajstić information content (AvgIpc) is 1.87. The fourth-order valence-corrected chi connectivity index (χ4v) is 0.177. The molecule has 4 N–H and O–H groups in total. The van der Waals surface area contributed by atoms with Crippen molar-refractivity contribution >= 4 is 24.2 Å². The quantitative estimate of drug-likeness (QED) is 0.309. The monoisotopic (exact) mass is 126 g/mol. The highest BCUT2D eigenvalue weighted by atomic mass is 16.5. The summed E-state index contributed by atoms with van der Waals surface area (Å²) >= 11 is 0. The molecule has 0 aromatic carbocycles. The lowest BCUT2D eigenvalue weighted by Gasteiger charge is -1.95. The van der Waals surface area contributed by atoms with Crippen LogP contribution in [0.25, 0.3) is 0 Å². The lowest BCUT2D eigenvalue weighted by Crippen LogP contribution is -2.11. The van der Waals surface area contributed by atoms with E-state index in [-0.39, 0.29) is 0 Å². The van der Waals surface area contributed by atoms with Gasteiger partial charge in [0.1, 0.15) is 0 Å². The molecule has 0 saturated heterocycles. The Labute approximate surface area is 51.7 Å². The maximum absolute atomic E-state index is 6.66. The van der Waals surface area contributed by atoms with E-state index in [1.165, 1.54) is 0 Å². The Morgan fingerprint density at radius 1 is 1.00 bits per heavy atom. The topological polar surface area (TPSA) is 105 Å². The highest BCUT2D eigenvalue weighted by Gasteiger charge is 1.93. The minimum atomic E-state index is -0.441. The molecule has 0 aliphatic carbocycles. The van der Waals surface area contributed by atoms with Crippen LogP contribution in [0.4, 0.5) is 0 Å². The SMILES string of the molecule is N=CC(=N)OC(=N)C=N. The minimum absolute atomic E-state index is 0.441. The van der Waals surface area contributed by atoms with Gasteiger partial charge in [0.05, 0.1) is 12.4 Å². The van der Waals surface area contributed by atoms with Gasteiger partial charge in [-0.1, -0.05) is 0 Å². The van der Waals surface area contributed by atoms with Gasteiger partial charge in [-0.2, -0.15) is 0 Å². The molecule has 0 aliphatic heterocycles. The van der Waals surface area contributed by atoms with Gasteiger partial charge in [0.2, 0.25) is 11.8 Å². The Kier molecular flexibility index (Phi) is 2.89. The lowest BCUT2D eigenvalue weighted by atomic mass is 10.7. The second-order valence-corrected chi connectivity index (χ2v) is 1.12. The zero-order valence-corrected chi connectivity index (χ0v) is 4.56. The van der Waals surface area contributed by atoms with Gasteiger partial charge in [-0.15, -0.1) is 0 Å². The molecule has 0 aromatic rings. The van der Waals surface area contributed by atoms with Crippen LogP contribution in [0.2, 0.25) is 0 Å². The molecule has 0 rings (SSSR count). The smallest absolute Gasteiger partial charge is 0.231 e. The predicted octanol–water partition coefficient (Wildman–Crippen LogP) is 0.257. The third-order valence-electron chi connectivity index (χ3n) is 0.482. The molecule has 0 saturated carbocycles. The molecule has 0 radical (unpaired) electrons. The molecule has 5 heteroatoms. The van der Waals surface area contributed by atoms with Crippen molar-refractivity contribution in [3.63, 3.8) is 0 Å². The van der Waals surface area contributed by atoms with Crippen LogP contribution in [0.1, 0.15) is 0 Å². The largest absolute Gasteiger partial charge is 0.419 e. The van der Waals surface area contributed by atoms with Gasteiger partial charge < -0.3 is 15.6 Å². The summed E-state index contributed by atoms with van der Waals surface area (Å²) in [5, 5.41) is 26.2. The van der Waals surface area contributed by atoms with Gasteiger partial charge in [0.25, 0.3) is 0 Å². The van der Waals surface area contributed by atoms with Crippen LogP contribution in [-0.2, 0) is 4.74 Å². The molecular weight excluding hydrogens is 120 g/mol. The highest BCUT2D eigenvalue weighted by Crippen LogP contribution is 1.73. The van der Waals surface area contributed by atoms with E-state index < -0.39 is 11.8 Å². The second-order valence-electron chi connectivity index (χ2n) is 1.12. The Balaban J connectivity index is 3.73. The Hall–Kier alpha value is -1.52. The maximum Gasteiger partial charge on any atom is 0.231 e. The summed E-state index contributed by atoms with van der Waals surface area (Å²) in [6.07, 6.45) is 1.30. The molecular formula is C4H6N4O. The summed E-state index contributed by atoms with van der Waals surface area (Å²) in [6.45, 7) is 0. The molecule has 0 heterocycles. The van der Waals surface area contributed by atoms with E-state index in [9.17, 15) is 0 Å². The van der Waals surface area contributed by atoms with E-state index in [1.807, 2.05) is 0 Å². The molecule has 9 heavy (non-hydrogen) atoms. The molecule has 0 spiro atoms. The Morgan fingerprint density at radius 3 is 1.56 bits per heavy atom. The van der Waals surface area contributed by atoms with Crippen molar-refractivity contribution in [1.82, 2.24) is 0 Å². The fourth-order valence-electron chi connectivity index (χ4n) is 0.177. The molecule has 0 aliphatic rings. The van der Waals surface area contributed by atoms with Crippen molar-refractivity contribution in [1.29, 1.82) is 21.6 Å². The summed E-state index contributed by atoms with van der Waals surface area (Å²) < 4.78 is 4.23. The van der Waals surface area contributed by atoms with Gasteiger partial charge in [0.15, 0.2) is 0 Å². The summed E-state index contributed by atoms with van der Waals surface area (Å²) in [4.78, 5) is 0. The number of hydrogen-bond donors (Lipinski definition) is 4. The highest BCUT2D eigenvalue weighted by molar-refractivity contribution is 6.33. The lowest BCUT2D eigenvalue weighted by molar-refractivity contribution is 0.557. The first-order chi connectivity index (χ1) is 4.20. The van der Waals surface area contributed by atoms with Crippen LogP contribution < -0.4 is 0 Å². The zero-order valence-electron chi connectivity index (χ0n) is 4.56. The number of rotatable bonds is 2. The number of hydrogen-bond acceptors (Lipinski definition) is 5. The van der Waals surface area contributed by atoms with Crippen LogP contribution in [0.15, 0.2) is 0 Å². The van der Waals surface area contributed by atoms with Crippen LogP contribution >= 0.6 is 0 Å². The predicted molar refractivity (Wildman–Crippen MR) is 34.1 cm³/mol. The molecule has 0 atom stereocenters. The van der Waals surface area contributed by atoms with E-state index in [4.69, 9.17) is 21.6 Å². The van der Waals surface area contributed by atoms with Gasteiger partial charge in [0, 0.05) is 0 Å². The Morgan fingerprint density at radius 2 is 1.33 bits per heavy atom. The second kappa shape index (κ2) is 3.48. The first-order valence-corrected chi connectivity index (χ1v) is 2.06. The normalized spacial score (nSPS) is 7.56. The zero-order chi connectivity index (χ0) is 7.28. The third kappa shape index (κ3) is 3.10. The van der Waals surface area contributed by atoms with Crippen molar-refractivity contribution in [2.75, 3.05) is 0 Å². The van der Waals surface area contributed by atoms with E-state index in [0.717, 1.165) is 0 Å². The van der Waals surface area contributed by atoms with Crippen molar-refractivity contribution in [3.05, 3.63) is 0 Å². The van der Waals surface area contributed by atoms with E-state index in [0.29, 0.717) is 12.4 Å². The number of ether oxygens (including phenoxy) is 1. The van der Waals surface area contributed by atoms with E-state index >= 15 is 0 Å². The molecule has 0 bridgehead atoms. The first kappa shape index (κ1) is 7.48. The first-order valence-electron chi connectivity index (χ1n) is 2.06. The molecule has 48 valence electrons. The molecule has 0 amide bonds. The minimum Gasteiger partial charge on any atom is -0.419 e. The maximum atomic E-state index is 6.66. The van der Waals surface area contributed by atoms with Crippen LogP contribution in [0.5, 0.6) is 0 Å². The van der Waals surface area contributed by atoms with Crippen molar-refractivity contribution in [3.8, 4) is 0 Å². The van der Waals surface area contributed by atoms with Gasteiger partial charge in [-0.05, 0) is 0 Å². The Bertz CT molecular complexity index is 144. The summed E-state index contributed by atoms with van der Waals surface area (Å²) in [5.41, 5.74) is 0. The summed E-state index contributed by atoms with van der Waals surface area (Å²) in [7, 11) is 0. The summed E-state index contributed by atoms with van der Waals surface area (Å²) in [6, 6.07) is 0. The molecule has 0 aromatic heterocycles. The van der Waals surface area contributed by atoms with Crippen molar-refractivity contribution in [2.24, 2.45) is 0 Å². The standard InChI is InChI=1S/C4H6N4O/c5-1-3(7)9-4(8)2-6/h1-2,5-8H. The molecule has 0 fully saturated rings. The van der Waals surface area contributed by atoms with Crippen LogP contribution in [0.3, 0.4) is 0 Å². The fraction of sp³-hybridized carbons (Fsp3) is 0. The van der Waals surface area contributed by atoms with Gasteiger partial charge in [-0.25, -0.2) is 0 Å². The van der Waals surface area contributed by atoms with Gasteiger partial charge in [-0.3, -0.25) is 10.8 Å². The number of nitrogens with one attached hydrogen (secondary N) is 4. The van der Waals surface area contributed by atoms with E-state index in [2.05, 4.69) is 4.74 Å². The molecule has 0 unspecified atom stereocenters. The average molecular weight is 126 g/mol. The van der Waals surface area contributed by atoms with Crippen molar-refractivity contribution in [2.45, 2.75) is 0 Å².